The summed E-state index contributed by atoms with van der Waals surface area (Å²) in [5.74, 6) is 0. The van der Waals surface area contributed by atoms with Crippen LogP contribution < -0.4 is 0 Å². The van der Waals surface area contributed by atoms with Crippen molar-refractivity contribution >= 4 is 26.8 Å². The van der Waals surface area contributed by atoms with Crippen molar-refractivity contribution in [3.05, 3.63) is 30.0 Å². The van der Waals surface area contributed by atoms with E-state index in [1.807, 2.05) is 0 Å². The highest BCUT2D eigenvalue weighted by molar-refractivity contribution is 9.09. The van der Waals surface area contributed by atoms with Crippen LogP contribution in [0.1, 0.15) is 25.5 Å². The van der Waals surface area contributed by atoms with Gasteiger partial charge < -0.3 is 0 Å². The fourth-order valence-corrected chi connectivity index (χ4v) is 3.64. The Hall–Kier alpha value is -0.870. The Morgan fingerprint density at radius 3 is 3.00 bits per heavy atom. The minimum Gasteiger partial charge on any atom is -0.296 e. The van der Waals surface area contributed by atoms with E-state index in [-0.39, 0.29) is 0 Å². The third-order valence-corrected chi connectivity index (χ3v) is 4.60. The molecule has 2 aromatic rings. The molecule has 1 aromatic carbocycles. The summed E-state index contributed by atoms with van der Waals surface area (Å²) in [6, 6.07) is 8.56. The number of likely N-dealkylation sites (tertiary alicyclic amines) is 1. The minimum absolute atomic E-state index is 0.640. The largest absolute Gasteiger partial charge is 0.296 e. The van der Waals surface area contributed by atoms with Crippen molar-refractivity contribution in [3.8, 4) is 0 Å². The van der Waals surface area contributed by atoms with Crippen LogP contribution in [0.25, 0.3) is 10.9 Å². The Labute approximate surface area is 122 Å². The Morgan fingerprint density at radius 2 is 2.21 bits per heavy atom. The van der Waals surface area contributed by atoms with Gasteiger partial charge in [-0.05, 0) is 32.4 Å². The summed E-state index contributed by atoms with van der Waals surface area (Å²) < 4.78 is 2.11. The molecule has 1 aliphatic rings. The van der Waals surface area contributed by atoms with E-state index < -0.39 is 0 Å². The molecule has 0 amide bonds. The van der Waals surface area contributed by atoms with Crippen LogP contribution in [-0.2, 0) is 13.1 Å². The fraction of sp³-hybridized carbons (Fsp3) is 0.533. The molecule has 1 aliphatic heterocycles. The van der Waals surface area contributed by atoms with Crippen LogP contribution >= 0.6 is 15.9 Å². The van der Waals surface area contributed by atoms with Crippen LogP contribution in [0.4, 0.5) is 0 Å². The number of hydrogen-bond acceptors (Lipinski definition) is 2. The van der Waals surface area contributed by atoms with Crippen molar-refractivity contribution in [1.29, 1.82) is 0 Å². The molecule has 19 heavy (non-hydrogen) atoms. The average molecular weight is 322 g/mol. The molecule has 0 aliphatic carbocycles. The van der Waals surface area contributed by atoms with Gasteiger partial charge in [0.05, 0.1) is 11.2 Å². The van der Waals surface area contributed by atoms with Gasteiger partial charge in [-0.1, -0.05) is 34.1 Å². The highest BCUT2D eigenvalue weighted by Gasteiger charge is 2.19. The maximum atomic E-state index is 4.79. The van der Waals surface area contributed by atoms with Gasteiger partial charge in [0.2, 0.25) is 0 Å². The van der Waals surface area contributed by atoms with Gasteiger partial charge >= 0.3 is 0 Å². The van der Waals surface area contributed by atoms with Gasteiger partial charge in [-0.3, -0.25) is 9.58 Å². The number of alkyl halides is 1. The van der Waals surface area contributed by atoms with Crippen LogP contribution in [0.5, 0.6) is 0 Å². The van der Waals surface area contributed by atoms with Gasteiger partial charge in [0.25, 0.3) is 0 Å². The first-order chi connectivity index (χ1) is 9.28. The molecule has 0 spiro atoms. The summed E-state index contributed by atoms with van der Waals surface area (Å²) in [5, 5.41) is 6.09. The monoisotopic (exact) mass is 321 g/mol. The van der Waals surface area contributed by atoms with Crippen LogP contribution in [0.15, 0.2) is 24.3 Å². The molecular formula is C15H20BrN3. The second-order valence-corrected chi connectivity index (χ2v) is 6.55. The molecule has 1 atom stereocenters. The molecule has 102 valence electrons. The van der Waals surface area contributed by atoms with Crippen molar-refractivity contribution in [3.63, 3.8) is 0 Å². The summed E-state index contributed by atoms with van der Waals surface area (Å²) in [4.78, 5) is 3.15. The first kappa shape index (κ1) is 13.1. The summed E-state index contributed by atoms with van der Waals surface area (Å²) in [5.41, 5.74) is 2.48. The molecule has 3 rings (SSSR count). The van der Waals surface area contributed by atoms with Crippen LogP contribution in [0.2, 0.25) is 0 Å². The summed E-state index contributed by atoms with van der Waals surface area (Å²) in [7, 11) is 0. The highest BCUT2D eigenvalue weighted by Crippen LogP contribution is 2.23. The Kier molecular flexibility index (Phi) is 3.89. The standard InChI is InChI=1S/C15H20BrN3/c1-2-19-15-8-4-3-7-13(15)14(17-19)11-18-9-5-6-12(16)10-18/h3-4,7-8,12H,2,5-6,9-11H2,1H3. The molecule has 1 unspecified atom stereocenters. The van der Waals surface area contributed by atoms with Crippen molar-refractivity contribution < 1.29 is 0 Å². The Balaban J connectivity index is 1.88. The SMILES string of the molecule is CCn1nc(CN2CCCC(Br)C2)c2ccccc21. The lowest BCUT2D eigenvalue weighted by atomic mass is 10.1. The zero-order valence-corrected chi connectivity index (χ0v) is 12.9. The lowest BCUT2D eigenvalue weighted by Gasteiger charge is -2.29. The van der Waals surface area contributed by atoms with E-state index in [2.05, 4.69) is 56.7 Å². The van der Waals surface area contributed by atoms with Gasteiger partial charge in [0.15, 0.2) is 0 Å². The first-order valence-corrected chi connectivity index (χ1v) is 8.00. The molecule has 2 heterocycles. The third kappa shape index (κ3) is 2.70. The number of halogens is 1. The summed E-state index contributed by atoms with van der Waals surface area (Å²) in [6.45, 7) is 6.37. The number of para-hydroxylation sites is 1. The molecule has 1 aromatic heterocycles. The molecule has 3 nitrogen and oxygen atoms in total. The molecule has 0 saturated carbocycles. The molecule has 0 bridgehead atoms. The zero-order valence-electron chi connectivity index (χ0n) is 11.3. The number of piperidine rings is 1. The van der Waals surface area contributed by atoms with Crippen LogP contribution in [0, 0.1) is 0 Å². The van der Waals surface area contributed by atoms with E-state index in [9.17, 15) is 0 Å². The van der Waals surface area contributed by atoms with E-state index in [1.54, 1.807) is 0 Å². The predicted octanol–water partition coefficient (Wildman–Crippen LogP) is 3.42. The number of aryl methyl sites for hydroxylation is 1. The van der Waals surface area contributed by atoms with Gasteiger partial charge in [0.1, 0.15) is 0 Å². The number of nitrogens with zero attached hydrogens (tertiary/aromatic N) is 3. The molecule has 1 fully saturated rings. The maximum absolute atomic E-state index is 4.79. The molecular weight excluding hydrogens is 302 g/mol. The zero-order chi connectivity index (χ0) is 13.2. The van der Waals surface area contributed by atoms with Crippen molar-refractivity contribution in [2.75, 3.05) is 13.1 Å². The number of benzene rings is 1. The predicted molar refractivity (Wildman–Crippen MR) is 82.6 cm³/mol. The van der Waals surface area contributed by atoms with E-state index >= 15 is 0 Å². The second-order valence-electron chi connectivity index (χ2n) is 5.25. The van der Waals surface area contributed by atoms with Crippen molar-refractivity contribution in [2.24, 2.45) is 0 Å². The van der Waals surface area contributed by atoms with Crippen molar-refractivity contribution in [1.82, 2.24) is 14.7 Å². The summed E-state index contributed by atoms with van der Waals surface area (Å²) >= 11 is 3.74. The number of aromatic nitrogens is 2. The van der Waals surface area contributed by atoms with Gasteiger partial charge in [-0.25, -0.2) is 0 Å². The van der Waals surface area contributed by atoms with E-state index in [0.29, 0.717) is 4.83 Å². The number of fused-ring (bicyclic) bond motifs is 1. The molecule has 1 saturated heterocycles. The Morgan fingerprint density at radius 1 is 1.37 bits per heavy atom. The van der Waals surface area contributed by atoms with Crippen molar-refractivity contribution in [2.45, 2.75) is 37.7 Å². The van der Waals surface area contributed by atoms with E-state index in [4.69, 9.17) is 5.10 Å². The maximum Gasteiger partial charge on any atom is 0.0843 e. The minimum atomic E-state index is 0.640. The van der Waals surface area contributed by atoms with Gasteiger partial charge in [-0.15, -0.1) is 0 Å². The van der Waals surface area contributed by atoms with Crippen LogP contribution in [0.3, 0.4) is 0 Å². The quantitative estimate of drug-likeness (QED) is 0.808. The fourth-order valence-electron chi connectivity index (χ4n) is 2.91. The third-order valence-electron chi connectivity index (χ3n) is 3.86. The molecule has 0 radical (unpaired) electrons. The average Bonchev–Trinajstić information content (AvgIpc) is 2.77. The lowest BCUT2D eigenvalue weighted by molar-refractivity contribution is 0.225. The van der Waals surface area contributed by atoms with Gasteiger partial charge in [-0.2, -0.15) is 5.10 Å². The van der Waals surface area contributed by atoms with E-state index in [1.165, 1.54) is 36.0 Å². The molecule has 4 heteroatoms. The number of hydrogen-bond donors (Lipinski definition) is 0. The lowest BCUT2D eigenvalue weighted by Crippen LogP contribution is -2.35. The smallest absolute Gasteiger partial charge is 0.0843 e. The van der Waals surface area contributed by atoms with E-state index in [0.717, 1.165) is 19.6 Å². The molecule has 0 N–H and O–H groups in total. The second kappa shape index (κ2) is 5.63. The number of rotatable bonds is 3. The topological polar surface area (TPSA) is 21.1 Å². The normalized spacial score (nSPS) is 21.1. The Bertz CT molecular complexity index is 564. The first-order valence-electron chi connectivity index (χ1n) is 7.08. The summed E-state index contributed by atoms with van der Waals surface area (Å²) in [6.07, 6.45) is 2.57. The van der Waals surface area contributed by atoms with Gasteiger partial charge in [0, 0.05) is 29.8 Å². The van der Waals surface area contributed by atoms with Crippen LogP contribution in [-0.4, -0.2) is 32.6 Å². The highest BCUT2D eigenvalue weighted by atomic mass is 79.9.